The van der Waals surface area contributed by atoms with Crippen LogP contribution in [0.25, 0.3) is 0 Å². The van der Waals surface area contributed by atoms with Crippen LogP contribution < -0.4 is 5.32 Å². The molecule has 1 heterocycles. The van der Waals surface area contributed by atoms with Gasteiger partial charge in [-0.2, -0.15) is 0 Å². The molecular weight excluding hydrogens is 172 g/mol. The van der Waals surface area contributed by atoms with Gasteiger partial charge in [-0.25, -0.2) is 4.79 Å². The highest BCUT2D eigenvalue weighted by Crippen LogP contribution is 1.97. The van der Waals surface area contributed by atoms with Crippen molar-refractivity contribution in [2.45, 2.75) is 6.42 Å². The van der Waals surface area contributed by atoms with Gasteiger partial charge in [-0.05, 0) is 13.0 Å². The maximum absolute atomic E-state index is 11.3. The quantitative estimate of drug-likeness (QED) is 0.388. The van der Waals surface area contributed by atoms with Crippen molar-refractivity contribution in [3.05, 3.63) is 0 Å². The highest BCUT2D eigenvalue weighted by atomic mass is 16.5. The van der Waals surface area contributed by atoms with E-state index < -0.39 is 11.9 Å². The maximum atomic E-state index is 11.3. The van der Waals surface area contributed by atoms with Crippen LogP contribution in [0.3, 0.4) is 0 Å². The molecule has 1 rings (SSSR count). The molecule has 0 spiro atoms. The molecule has 0 aromatic heterocycles. The van der Waals surface area contributed by atoms with Gasteiger partial charge >= 0.3 is 11.9 Å². The van der Waals surface area contributed by atoms with E-state index in [-0.39, 0.29) is 0 Å². The van der Waals surface area contributed by atoms with Crippen molar-refractivity contribution >= 4 is 11.9 Å². The summed E-state index contributed by atoms with van der Waals surface area (Å²) in [7, 11) is 1.22. The largest absolute Gasteiger partial charge is 0.462 e. The molecule has 0 aromatic carbocycles. The van der Waals surface area contributed by atoms with Gasteiger partial charge in [0.2, 0.25) is 0 Å². The molecule has 0 saturated carbocycles. The summed E-state index contributed by atoms with van der Waals surface area (Å²) >= 11 is 0. The van der Waals surface area contributed by atoms with Crippen LogP contribution in [0.1, 0.15) is 6.42 Å². The van der Waals surface area contributed by atoms with Gasteiger partial charge in [0.1, 0.15) is 0 Å². The maximum Gasteiger partial charge on any atom is 0.396 e. The lowest BCUT2D eigenvalue weighted by atomic mass is 10.4. The first-order valence-electron chi connectivity index (χ1n) is 4.33. The van der Waals surface area contributed by atoms with Crippen LogP contribution in [0.15, 0.2) is 0 Å². The van der Waals surface area contributed by atoms with E-state index in [0.717, 1.165) is 19.5 Å². The number of hydrogen-bond donors (Lipinski definition) is 1. The summed E-state index contributed by atoms with van der Waals surface area (Å²) in [5.74, 6) is -1.31. The van der Waals surface area contributed by atoms with Gasteiger partial charge in [-0.1, -0.05) is 0 Å². The molecule has 0 radical (unpaired) electrons. The lowest BCUT2D eigenvalue weighted by molar-refractivity contribution is -0.158. The number of hydrogen-bond acceptors (Lipinski definition) is 4. The van der Waals surface area contributed by atoms with E-state index in [1.807, 2.05) is 0 Å². The number of carbonyl (C=O) groups excluding carboxylic acids is 2. The van der Waals surface area contributed by atoms with E-state index in [9.17, 15) is 9.59 Å². The molecule has 5 heteroatoms. The van der Waals surface area contributed by atoms with E-state index in [1.165, 1.54) is 12.0 Å². The van der Waals surface area contributed by atoms with Crippen LogP contribution in [-0.4, -0.2) is 50.1 Å². The standard InChI is InChI=1S/C8H14N2O3/c1-13-8(12)7(11)10-5-2-3-9-4-6-10/h9H,2-6H2,1H3. The third kappa shape index (κ3) is 2.69. The molecule has 0 unspecified atom stereocenters. The SMILES string of the molecule is COC(=O)C(=O)N1CCCNCC1. The molecule has 1 saturated heterocycles. The van der Waals surface area contributed by atoms with Crippen molar-refractivity contribution in [3.8, 4) is 0 Å². The molecule has 0 aromatic rings. The summed E-state index contributed by atoms with van der Waals surface area (Å²) in [5.41, 5.74) is 0. The molecule has 0 aliphatic carbocycles. The molecule has 5 nitrogen and oxygen atoms in total. The second-order valence-corrected chi connectivity index (χ2v) is 2.89. The van der Waals surface area contributed by atoms with Crippen molar-refractivity contribution < 1.29 is 14.3 Å². The van der Waals surface area contributed by atoms with Crippen molar-refractivity contribution in [2.75, 3.05) is 33.3 Å². The van der Waals surface area contributed by atoms with Crippen LogP contribution in [-0.2, 0) is 14.3 Å². The Kier molecular flexibility index (Phi) is 3.70. The summed E-state index contributed by atoms with van der Waals surface area (Å²) < 4.78 is 4.36. The fraction of sp³-hybridized carbons (Fsp3) is 0.750. The van der Waals surface area contributed by atoms with E-state index in [2.05, 4.69) is 10.1 Å². The van der Waals surface area contributed by atoms with Gasteiger partial charge in [-0.15, -0.1) is 0 Å². The fourth-order valence-electron chi connectivity index (χ4n) is 1.27. The van der Waals surface area contributed by atoms with Gasteiger partial charge in [0, 0.05) is 19.6 Å². The van der Waals surface area contributed by atoms with Crippen molar-refractivity contribution in [2.24, 2.45) is 0 Å². The van der Waals surface area contributed by atoms with Crippen LogP contribution in [0.5, 0.6) is 0 Å². The Morgan fingerprint density at radius 3 is 2.77 bits per heavy atom. The normalized spacial score (nSPS) is 17.8. The number of methoxy groups -OCH3 is 1. The highest BCUT2D eigenvalue weighted by Gasteiger charge is 2.22. The monoisotopic (exact) mass is 186 g/mol. The zero-order valence-electron chi connectivity index (χ0n) is 7.71. The van der Waals surface area contributed by atoms with E-state index in [4.69, 9.17) is 0 Å². The fourth-order valence-corrected chi connectivity index (χ4v) is 1.27. The van der Waals surface area contributed by atoms with Crippen molar-refractivity contribution in [1.82, 2.24) is 10.2 Å². The van der Waals surface area contributed by atoms with Crippen LogP contribution in [0.4, 0.5) is 0 Å². The lowest BCUT2D eigenvalue weighted by Gasteiger charge is -2.17. The van der Waals surface area contributed by atoms with Crippen molar-refractivity contribution in [1.29, 1.82) is 0 Å². The molecule has 13 heavy (non-hydrogen) atoms. The summed E-state index contributed by atoms with van der Waals surface area (Å²) in [5, 5.41) is 3.14. The molecule has 0 bridgehead atoms. The predicted molar refractivity (Wildman–Crippen MR) is 46.1 cm³/mol. The Labute approximate surface area is 77.0 Å². The summed E-state index contributed by atoms with van der Waals surface area (Å²) in [6.07, 6.45) is 0.878. The number of esters is 1. The average molecular weight is 186 g/mol. The molecule has 1 fully saturated rings. The van der Waals surface area contributed by atoms with Gasteiger partial charge < -0.3 is 15.0 Å². The zero-order valence-corrected chi connectivity index (χ0v) is 7.71. The summed E-state index contributed by atoms with van der Waals surface area (Å²) in [6.45, 7) is 2.84. The second kappa shape index (κ2) is 4.81. The van der Waals surface area contributed by atoms with Crippen LogP contribution in [0.2, 0.25) is 0 Å². The molecular formula is C8H14N2O3. The Bertz CT molecular complexity index is 198. The topological polar surface area (TPSA) is 58.6 Å². The first-order valence-corrected chi connectivity index (χ1v) is 4.33. The minimum Gasteiger partial charge on any atom is -0.462 e. The van der Waals surface area contributed by atoms with Crippen LogP contribution >= 0.6 is 0 Å². The molecule has 1 N–H and O–H groups in total. The number of amides is 1. The average Bonchev–Trinajstić information content (AvgIpc) is 2.43. The minimum absolute atomic E-state index is 0.536. The number of carbonyl (C=O) groups is 2. The molecule has 0 atom stereocenters. The number of nitrogens with one attached hydrogen (secondary N) is 1. The summed E-state index contributed by atoms with van der Waals surface area (Å²) in [6, 6.07) is 0. The third-order valence-electron chi connectivity index (χ3n) is 1.99. The van der Waals surface area contributed by atoms with Crippen LogP contribution in [0, 0.1) is 0 Å². The van der Waals surface area contributed by atoms with Gasteiger partial charge in [0.15, 0.2) is 0 Å². The Morgan fingerprint density at radius 2 is 2.08 bits per heavy atom. The first kappa shape index (κ1) is 9.98. The highest BCUT2D eigenvalue weighted by molar-refractivity contribution is 6.32. The number of rotatable bonds is 0. The van der Waals surface area contributed by atoms with Gasteiger partial charge in [0.05, 0.1) is 7.11 Å². The van der Waals surface area contributed by atoms with Crippen molar-refractivity contribution in [3.63, 3.8) is 0 Å². The Morgan fingerprint density at radius 1 is 1.31 bits per heavy atom. The zero-order chi connectivity index (χ0) is 9.68. The lowest BCUT2D eigenvalue weighted by Crippen LogP contribution is -2.39. The minimum atomic E-state index is -0.776. The molecule has 1 amide bonds. The third-order valence-corrected chi connectivity index (χ3v) is 1.99. The number of nitrogens with zero attached hydrogens (tertiary/aromatic N) is 1. The summed E-state index contributed by atoms with van der Waals surface area (Å²) in [4.78, 5) is 23.7. The van der Waals surface area contributed by atoms with E-state index in [1.54, 1.807) is 0 Å². The Hall–Kier alpha value is -1.10. The second-order valence-electron chi connectivity index (χ2n) is 2.89. The molecule has 1 aliphatic heterocycles. The first-order chi connectivity index (χ1) is 6.25. The van der Waals surface area contributed by atoms with E-state index >= 15 is 0 Å². The van der Waals surface area contributed by atoms with E-state index in [0.29, 0.717) is 13.1 Å². The molecule has 74 valence electrons. The number of ether oxygens (including phenoxy) is 1. The predicted octanol–water partition coefficient (Wildman–Crippen LogP) is -1.02. The smallest absolute Gasteiger partial charge is 0.396 e. The molecule has 1 aliphatic rings. The van der Waals surface area contributed by atoms with Gasteiger partial charge in [0.25, 0.3) is 0 Å². The Balaban J connectivity index is 2.48. The van der Waals surface area contributed by atoms with Gasteiger partial charge in [-0.3, -0.25) is 4.79 Å².